The number of hydrogen-bond acceptors (Lipinski definition) is 2. The van der Waals surface area contributed by atoms with Crippen LogP contribution in [0.4, 0.5) is 10.1 Å². The van der Waals surface area contributed by atoms with Crippen LogP contribution in [0, 0.1) is 17.1 Å². The van der Waals surface area contributed by atoms with Gasteiger partial charge in [-0.15, -0.1) is 0 Å². The van der Waals surface area contributed by atoms with Gasteiger partial charge in [0.2, 0.25) is 0 Å². The molecule has 14 heavy (non-hydrogen) atoms. The second kappa shape index (κ2) is 4.50. The van der Waals surface area contributed by atoms with Gasteiger partial charge in [-0.25, -0.2) is 4.39 Å². The molecular formula is C9H7Cl2FN2. The van der Waals surface area contributed by atoms with Crippen LogP contribution in [0.1, 0.15) is 6.92 Å². The Kier molecular flexibility index (Phi) is 3.56. The van der Waals surface area contributed by atoms with Crippen molar-refractivity contribution in [3.8, 4) is 6.07 Å². The van der Waals surface area contributed by atoms with Crippen LogP contribution in [0.15, 0.2) is 12.1 Å². The van der Waals surface area contributed by atoms with Crippen LogP contribution >= 0.6 is 23.2 Å². The highest BCUT2D eigenvalue weighted by molar-refractivity contribution is 6.39. The molecule has 0 fully saturated rings. The fraction of sp³-hybridized carbons (Fsp3) is 0.222. The summed E-state index contributed by atoms with van der Waals surface area (Å²) >= 11 is 11.5. The number of benzene rings is 1. The number of rotatable bonds is 2. The molecule has 1 aromatic rings. The molecule has 1 rings (SSSR count). The number of nitriles is 1. The summed E-state index contributed by atoms with van der Waals surface area (Å²) in [6.07, 6.45) is 0. The topological polar surface area (TPSA) is 35.8 Å². The van der Waals surface area contributed by atoms with Crippen molar-refractivity contribution in [1.29, 1.82) is 5.26 Å². The Hall–Kier alpha value is -0.980. The second-order valence-electron chi connectivity index (χ2n) is 2.74. The second-order valence-corrected chi connectivity index (χ2v) is 3.55. The summed E-state index contributed by atoms with van der Waals surface area (Å²) < 4.78 is 12.8. The van der Waals surface area contributed by atoms with Crippen LogP contribution < -0.4 is 5.32 Å². The van der Waals surface area contributed by atoms with Crippen LogP contribution in [0.3, 0.4) is 0 Å². The molecule has 0 heterocycles. The fourth-order valence-corrected chi connectivity index (χ4v) is 1.50. The van der Waals surface area contributed by atoms with E-state index in [1.807, 2.05) is 6.07 Å². The summed E-state index contributed by atoms with van der Waals surface area (Å²) in [6, 6.07) is 3.80. The lowest BCUT2D eigenvalue weighted by molar-refractivity contribution is 0.628. The summed E-state index contributed by atoms with van der Waals surface area (Å²) in [6.45, 7) is 1.65. The molecule has 1 N–H and O–H groups in total. The molecule has 0 radical (unpaired) electrons. The molecule has 0 aliphatic heterocycles. The predicted octanol–water partition coefficient (Wildman–Crippen LogP) is 3.46. The molecule has 1 unspecified atom stereocenters. The zero-order chi connectivity index (χ0) is 10.7. The van der Waals surface area contributed by atoms with Gasteiger partial charge in [-0.3, -0.25) is 0 Å². The van der Waals surface area contributed by atoms with Gasteiger partial charge in [0.05, 0.1) is 21.8 Å². The van der Waals surface area contributed by atoms with Crippen molar-refractivity contribution in [2.24, 2.45) is 0 Å². The fourth-order valence-electron chi connectivity index (χ4n) is 0.929. The molecule has 0 saturated heterocycles. The summed E-state index contributed by atoms with van der Waals surface area (Å²) in [5, 5.41) is 11.7. The van der Waals surface area contributed by atoms with E-state index in [4.69, 9.17) is 28.5 Å². The first-order valence-corrected chi connectivity index (χ1v) is 4.61. The van der Waals surface area contributed by atoms with E-state index < -0.39 is 11.9 Å². The van der Waals surface area contributed by atoms with Crippen molar-refractivity contribution in [2.45, 2.75) is 13.0 Å². The molecule has 0 aromatic heterocycles. The van der Waals surface area contributed by atoms with Crippen LogP contribution in [-0.2, 0) is 0 Å². The lowest BCUT2D eigenvalue weighted by atomic mass is 10.2. The molecule has 0 aliphatic rings. The lowest BCUT2D eigenvalue weighted by Crippen LogP contribution is -2.12. The van der Waals surface area contributed by atoms with Crippen molar-refractivity contribution in [1.82, 2.24) is 0 Å². The third-order valence-corrected chi connectivity index (χ3v) is 2.16. The molecule has 0 saturated carbocycles. The minimum atomic E-state index is -0.504. The van der Waals surface area contributed by atoms with E-state index >= 15 is 0 Å². The Morgan fingerprint density at radius 3 is 2.36 bits per heavy atom. The van der Waals surface area contributed by atoms with Gasteiger partial charge < -0.3 is 5.32 Å². The van der Waals surface area contributed by atoms with Gasteiger partial charge in [-0.2, -0.15) is 5.26 Å². The van der Waals surface area contributed by atoms with Crippen molar-refractivity contribution in [3.05, 3.63) is 28.0 Å². The predicted molar refractivity (Wildman–Crippen MR) is 55.1 cm³/mol. The number of hydrogen-bond donors (Lipinski definition) is 1. The van der Waals surface area contributed by atoms with E-state index in [0.717, 1.165) is 12.1 Å². The van der Waals surface area contributed by atoms with E-state index in [-0.39, 0.29) is 10.0 Å². The van der Waals surface area contributed by atoms with Crippen LogP contribution in [0.2, 0.25) is 10.0 Å². The molecular weight excluding hydrogens is 226 g/mol. The van der Waals surface area contributed by atoms with Crippen molar-refractivity contribution >= 4 is 28.9 Å². The standard InChI is InChI=1S/C9H7Cl2FN2/c1-5(4-13)14-9-7(10)2-6(12)3-8(9)11/h2-3,5,14H,1H3. The Morgan fingerprint density at radius 2 is 1.93 bits per heavy atom. The largest absolute Gasteiger partial charge is 0.368 e. The maximum Gasteiger partial charge on any atom is 0.126 e. The van der Waals surface area contributed by atoms with Crippen LogP contribution in [-0.4, -0.2) is 6.04 Å². The first kappa shape index (κ1) is 11.1. The molecule has 5 heteroatoms. The van der Waals surface area contributed by atoms with Crippen molar-refractivity contribution in [3.63, 3.8) is 0 Å². The van der Waals surface area contributed by atoms with Crippen LogP contribution in [0.5, 0.6) is 0 Å². The van der Waals surface area contributed by atoms with Gasteiger partial charge in [0.15, 0.2) is 0 Å². The zero-order valence-electron chi connectivity index (χ0n) is 7.31. The molecule has 0 spiro atoms. The third kappa shape index (κ3) is 2.50. The summed E-state index contributed by atoms with van der Waals surface area (Å²) in [7, 11) is 0. The molecule has 1 aromatic carbocycles. The molecule has 1 atom stereocenters. The van der Waals surface area contributed by atoms with E-state index in [2.05, 4.69) is 5.32 Å². The molecule has 74 valence electrons. The maximum atomic E-state index is 12.8. The van der Waals surface area contributed by atoms with E-state index in [9.17, 15) is 4.39 Å². The Morgan fingerprint density at radius 1 is 1.43 bits per heavy atom. The quantitative estimate of drug-likeness (QED) is 0.848. The number of nitrogens with zero attached hydrogens (tertiary/aromatic N) is 1. The van der Waals surface area contributed by atoms with E-state index in [1.54, 1.807) is 6.92 Å². The summed E-state index contributed by atoms with van der Waals surface area (Å²) in [5.41, 5.74) is 0.379. The SMILES string of the molecule is CC(C#N)Nc1c(Cl)cc(F)cc1Cl. The van der Waals surface area contributed by atoms with Crippen LogP contribution in [0.25, 0.3) is 0 Å². The third-order valence-electron chi connectivity index (χ3n) is 1.56. The Labute approximate surface area is 91.2 Å². The van der Waals surface area contributed by atoms with Gasteiger partial charge in [0, 0.05) is 0 Å². The van der Waals surface area contributed by atoms with Gasteiger partial charge in [0.25, 0.3) is 0 Å². The highest BCUT2D eigenvalue weighted by Crippen LogP contribution is 2.31. The average molecular weight is 233 g/mol. The normalized spacial score (nSPS) is 11.9. The number of nitrogens with one attached hydrogen (secondary N) is 1. The summed E-state index contributed by atoms with van der Waals surface area (Å²) in [4.78, 5) is 0. The van der Waals surface area contributed by atoms with Crippen molar-refractivity contribution in [2.75, 3.05) is 5.32 Å². The lowest BCUT2D eigenvalue weighted by Gasteiger charge is -2.11. The number of anilines is 1. The first-order valence-electron chi connectivity index (χ1n) is 3.85. The molecule has 0 bridgehead atoms. The average Bonchev–Trinajstić information content (AvgIpc) is 2.10. The highest BCUT2D eigenvalue weighted by Gasteiger charge is 2.10. The Bertz CT molecular complexity index is 364. The minimum absolute atomic E-state index is 0.164. The Balaban J connectivity index is 3.04. The van der Waals surface area contributed by atoms with Gasteiger partial charge in [-0.05, 0) is 19.1 Å². The smallest absolute Gasteiger partial charge is 0.126 e. The number of halogens is 3. The maximum absolute atomic E-state index is 12.8. The zero-order valence-corrected chi connectivity index (χ0v) is 8.83. The van der Waals surface area contributed by atoms with Crippen molar-refractivity contribution < 1.29 is 4.39 Å². The highest BCUT2D eigenvalue weighted by atomic mass is 35.5. The molecule has 0 aliphatic carbocycles. The van der Waals surface area contributed by atoms with Gasteiger partial charge in [-0.1, -0.05) is 23.2 Å². The minimum Gasteiger partial charge on any atom is -0.368 e. The van der Waals surface area contributed by atoms with E-state index in [1.165, 1.54) is 0 Å². The van der Waals surface area contributed by atoms with Gasteiger partial charge in [0.1, 0.15) is 11.9 Å². The first-order chi connectivity index (χ1) is 6.54. The molecule has 2 nitrogen and oxygen atoms in total. The van der Waals surface area contributed by atoms with E-state index in [0.29, 0.717) is 5.69 Å². The molecule has 0 amide bonds. The van der Waals surface area contributed by atoms with Gasteiger partial charge >= 0.3 is 0 Å². The summed E-state index contributed by atoms with van der Waals surface area (Å²) in [5.74, 6) is -0.504. The monoisotopic (exact) mass is 232 g/mol.